The van der Waals surface area contributed by atoms with Crippen LogP contribution in [0.3, 0.4) is 0 Å². The zero-order valence-electron chi connectivity index (χ0n) is 36.7. The minimum absolute atomic E-state index is 0.0468. The molecule has 16 heteroatoms. The van der Waals surface area contributed by atoms with E-state index in [9.17, 15) is 23.4 Å². The lowest BCUT2D eigenvalue weighted by Gasteiger charge is -2.47. The molecule has 0 spiro atoms. The first-order valence-corrected chi connectivity index (χ1v) is 24.7. The summed E-state index contributed by atoms with van der Waals surface area (Å²) in [6, 6.07) is 8.36. The van der Waals surface area contributed by atoms with Gasteiger partial charge in [-0.3, -0.25) is 4.79 Å². The van der Waals surface area contributed by atoms with Crippen LogP contribution in [0.25, 0.3) is 0 Å². The van der Waals surface area contributed by atoms with Crippen molar-refractivity contribution in [1.29, 1.82) is 0 Å². The molecule has 9 saturated heterocycles. The fourth-order valence-corrected chi connectivity index (χ4v) is 13.5. The van der Waals surface area contributed by atoms with Crippen molar-refractivity contribution in [3.05, 3.63) is 54.6 Å². The lowest BCUT2D eigenvalue weighted by atomic mass is 9.83. The van der Waals surface area contributed by atoms with Crippen molar-refractivity contribution in [2.45, 2.75) is 192 Å². The maximum Gasteiger partial charge on any atom is 0.308 e. The summed E-state index contributed by atoms with van der Waals surface area (Å²) in [7, 11) is -0.793. The van der Waals surface area contributed by atoms with Crippen LogP contribution in [0.15, 0.2) is 59.5 Å². The first-order valence-electron chi connectivity index (χ1n) is 23.1. The Hall–Kier alpha value is -2.32. The molecule has 0 amide bonds. The second-order valence-electron chi connectivity index (χ2n) is 19.3. The molecule has 0 unspecified atom stereocenters. The Bertz CT molecular complexity index is 1910. The molecule has 0 aromatic heterocycles. The normalized spacial score (nSPS) is 43.5. The average molecular weight is 903 g/mol. The van der Waals surface area contributed by atoms with Crippen molar-refractivity contribution in [3.63, 3.8) is 0 Å². The number of esters is 1. The van der Waals surface area contributed by atoms with Gasteiger partial charge in [0, 0.05) is 38.7 Å². The largest absolute Gasteiger partial charge is 0.469 e. The van der Waals surface area contributed by atoms with Crippen molar-refractivity contribution in [2.24, 2.45) is 11.8 Å². The maximum atomic E-state index is 13.7. The molecule has 2 N–H and O–H groups in total. The van der Waals surface area contributed by atoms with Gasteiger partial charge >= 0.3 is 5.97 Å². The predicted molar refractivity (Wildman–Crippen MR) is 225 cm³/mol. The van der Waals surface area contributed by atoms with Crippen LogP contribution in [0.2, 0.25) is 0 Å². The summed E-state index contributed by atoms with van der Waals surface area (Å²) in [5, 5.41) is 20.0. The first-order chi connectivity index (χ1) is 30.3. The van der Waals surface area contributed by atoms with Gasteiger partial charge < -0.3 is 57.6 Å². The molecule has 6 bridgehead atoms. The number of carbonyl (C=O) groups excluding carboxylic acids is 1. The van der Waals surface area contributed by atoms with Gasteiger partial charge in [0.25, 0.3) is 0 Å². The Balaban J connectivity index is 0.806. The Morgan fingerprint density at radius 1 is 0.857 bits per heavy atom. The molecule has 1 aromatic carbocycles. The van der Waals surface area contributed by atoms with Crippen LogP contribution in [0.5, 0.6) is 0 Å². The van der Waals surface area contributed by atoms with Gasteiger partial charge in [0.2, 0.25) is 0 Å². The molecular weight excluding hydrogens is 837 g/mol. The molecule has 9 fully saturated rings. The maximum absolute atomic E-state index is 13.7. The van der Waals surface area contributed by atoms with Crippen molar-refractivity contribution in [2.75, 3.05) is 26.6 Å². The van der Waals surface area contributed by atoms with Gasteiger partial charge in [-0.1, -0.05) is 38.3 Å². The predicted octanol–water partition coefficient (Wildman–Crippen LogP) is 4.15. The highest BCUT2D eigenvalue weighted by Gasteiger charge is 2.68. The Labute approximate surface area is 370 Å². The number of benzene rings is 1. The summed E-state index contributed by atoms with van der Waals surface area (Å²) < 4.78 is 91.4. The monoisotopic (exact) mass is 902 g/mol. The van der Waals surface area contributed by atoms with E-state index >= 15 is 0 Å². The van der Waals surface area contributed by atoms with Gasteiger partial charge in [0.15, 0.2) is 15.6 Å². The SMILES string of the molecule is C=C1C[C@H](CC[C@@]23C[C@H]4O[C@@H]5[C@@H](O[C@H]6CC[C@H](CC(=O)OC)O[C@@H]6[C@H]5O2)[C@H]4O3)O[C@H]1CC[C@H]1C[C@@H](C)C(=C)[C@@H](C[C@@H]2O[C@H](C[C@H](O)CO)[C@H](OC)[C@H]2CS(=O)(=O)c2ccccc2)O1. The number of rotatable bonds is 17. The summed E-state index contributed by atoms with van der Waals surface area (Å²) in [5.74, 6) is -1.73. The minimum atomic E-state index is -3.71. The van der Waals surface area contributed by atoms with E-state index in [4.69, 9.17) is 47.4 Å². The van der Waals surface area contributed by atoms with Gasteiger partial charge in [0.05, 0.1) is 97.9 Å². The number of aliphatic hydroxyl groups is 2. The van der Waals surface area contributed by atoms with E-state index in [2.05, 4.69) is 20.1 Å². The molecule has 350 valence electrons. The van der Waals surface area contributed by atoms with Crippen LogP contribution in [-0.2, 0) is 62.0 Å². The second-order valence-corrected chi connectivity index (χ2v) is 21.3. The molecule has 0 radical (unpaired) electrons. The number of fused-ring (bicyclic) bond motifs is 1. The lowest BCUT2D eigenvalue weighted by Crippen LogP contribution is -2.61. The van der Waals surface area contributed by atoms with E-state index in [1.807, 2.05) is 0 Å². The molecular formula is C47H66O15S. The molecule has 9 aliphatic heterocycles. The highest BCUT2D eigenvalue weighted by Crippen LogP contribution is 2.54. The molecule has 10 rings (SSSR count). The van der Waals surface area contributed by atoms with Crippen molar-refractivity contribution in [1.82, 2.24) is 0 Å². The number of aliphatic hydroxyl groups excluding tert-OH is 2. The fraction of sp³-hybridized carbons (Fsp3) is 0.766. The Kier molecular flexibility index (Phi) is 13.6. The van der Waals surface area contributed by atoms with Gasteiger partial charge in [0.1, 0.15) is 30.5 Å². The number of ether oxygens (including phenoxy) is 10. The number of carbonyl (C=O) groups is 1. The zero-order chi connectivity index (χ0) is 44.2. The quantitative estimate of drug-likeness (QED) is 0.168. The Morgan fingerprint density at radius 2 is 1.60 bits per heavy atom. The van der Waals surface area contributed by atoms with Crippen molar-refractivity contribution >= 4 is 15.8 Å². The minimum Gasteiger partial charge on any atom is -0.469 e. The van der Waals surface area contributed by atoms with E-state index in [0.717, 1.165) is 49.7 Å². The first kappa shape index (κ1) is 45.8. The van der Waals surface area contributed by atoms with Gasteiger partial charge in [-0.2, -0.15) is 0 Å². The van der Waals surface area contributed by atoms with Crippen molar-refractivity contribution < 1.29 is 70.8 Å². The van der Waals surface area contributed by atoms with Gasteiger partial charge in [-0.25, -0.2) is 8.42 Å². The molecule has 9 heterocycles. The molecule has 63 heavy (non-hydrogen) atoms. The van der Waals surface area contributed by atoms with E-state index in [1.54, 1.807) is 30.3 Å². The zero-order valence-corrected chi connectivity index (χ0v) is 37.5. The van der Waals surface area contributed by atoms with Gasteiger partial charge in [-0.15, -0.1) is 0 Å². The van der Waals surface area contributed by atoms with Gasteiger partial charge in [-0.05, 0) is 74.1 Å². The summed E-state index contributed by atoms with van der Waals surface area (Å²) >= 11 is 0. The standard InChI is InChI=1S/C47H66O15S/c1-25-17-29(56-36(27(25)3)21-37-33(24-63(51,52)32-9-7-6-8-10-32)41(54-5)38(58-37)19-28(49)23-48)11-13-34-26(2)18-31(55-34)15-16-47-22-39-43(61-47)44-45(60-39)46(62-47)42-35(59-44)14-12-30(57-42)20-40(50)53-4/h6-10,25,28-31,33-39,41-46,48-49H,2-3,11-24H2,1,4-5H3/t25-,28+,29+,30-,31+,33+,34+,35+,36-,37+,38-,39-,41-,42+,43+,44+,45-,46-,47+/m1/s1. The second kappa shape index (κ2) is 18.8. The molecule has 1 aromatic rings. The summed E-state index contributed by atoms with van der Waals surface area (Å²) in [4.78, 5) is 12.3. The molecule has 9 aliphatic rings. The van der Waals surface area contributed by atoms with E-state index in [1.165, 1.54) is 14.2 Å². The summed E-state index contributed by atoms with van der Waals surface area (Å²) in [5.41, 5.74) is 2.00. The average Bonchev–Trinajstić information content (AvgIpc) is 3.95. The van der Waals surface area contributed by atoms with Crippen LogP contribution >= 0.6 is 0 Å². The third kappa shape index (κ3) is 9.36. The van der Waals surface area contributed by atoms with E-state index in [0.29, 0.717) is 25.7 Å². The van der Waals surface area contributed by atoms with E-state index < -0.39 is 52.6 Å². The van der Waals surface area contributed by atoms with Crippen LogP contribution in [-0.4, -0.2) is 155 Å². The Morgan fingerprint density at radius 3 is 2.37 bits per heavy atom. The third-order valence-electron chi connectivity index (χ3n) is 15.1. The summed E-state index contributed by atoms with van der Waals surface area (Å²) in [6.45, 7) is 10.6. The van der Waals surface area contributed by atoms with E-state index in [-0.39, 0.29) is 109 Å². The molecule has 0 aliphatic carbocycles. The number of hydrogen-bond acceptors (Lipinski definition) is 15. The number of sulfone groups is 1. The highest BCUT2D eigenvalue weighted by atomic mass is 32.2. The van der Waals surface area contributed by atoms with Crippen LogP contribution in [0.4, 0.5) is 0 Å². The number of hydrogen-bond donors (Lipinski definition) is 2. The molecule has 15 nitrogen and oxygen atoms in total. The molecule has 19 atom stereocenters. The van der Waals surface area contributed by atoms with Crippen molar-refractivity contribution in [3.8, 4) is 0 Å². The third-order valence-corrected chi connectivity index (χ3v) is 16.9. The highest BCUT2D eigenvalue weighted by molar-refractivity contribution is 7.91. The lowest BCUT2D eigenvalue weighted by molar-refractivity contribution is -0.293. The topological polar surface area (TPSA) is 184 Å². The van der Waals surface area contributed by atoms with Crippen LogP contribution in [0, 0.1) is 11.8 Å². The van der Waals surface area contributed by atoms with Crippen LogP contribution < -0.4 is 0 Å². The number of methoxy groups -OCH3 is 2. The molecule has 0 saturated carbocycles. The van der Waals surface area contributed by atoms with Crippen LogP contribution in [0.1, 0.15) is 84.0 Å². The fourth-order valence-electron chi connectivity index (χ4n) is 11.9. The smallest absolute Gasteiger partial charge is 0.308 e. The summed E-state index contributed by atoms with van der Waals surface area (Å²) in [6.07, 6.45) is 1.69.